The Bertz CT molecular complexity index is 214. The Morgan fingerprint density at radius 3 is 2.69 bits per heavy atom. The molecule has 0 atom stereocenters. The van der Waals surface area contributed by atoms with E-state index in [4.69, 9.17) is 9.47 Å². The van der Waals surface area contributed by atoms with Crippen LogP contribution in [0.3, 0.4) is 0 Å². The van der Waals surface area contributed by atoms with Crippen LogP contribution in [0.4, 0.5) is 0 Å². The summed E-state index contributed by atoms with van der Waals surface area (Å²) >= 11 is 0. The van der Waals surface area contributed by atoms with Crippen LogP contribution in [0.2, 0.25) is 0 Å². The molecule has 0 aliphatic carbocycles. The minimum Gasteiger partial charge on any atom is -0.457 e. The number of ether oxygens (including phenoxy) is 2. The van der Waals surface area contributed by atoms with Crippen LogP contribution in [0, 0.1) is 0 Å². The first-order chi connectivity index (χ1) is 6.14. The zero-order valence-electron chi connectivity index (χ0n) is 8.67. The lowest BCUT2D eigenvalue weighted by Gasteiger charge is -2.17. The van der Waals surface area contributed by atoms with Crippen LogP contribution in [0.1, 0.15) is 40.0 Å². The Balaban J connectivity index is 2.21. The summed E-state index contributed by atoms with van der Waals surface area (Å²) in [6, 6.07) is 0. The van der Waals surface area contributed by atoms with Crippen molar-refractivity contribution < 1.29 is 9.47 Å². The molecule has 0 spiro atoms. The van der Waals surface area contributed by atoms with Crippen LogP contribution < -0.4 is 0 Å². The van der Waals surface area contributed by atoms with Gasteiger partial charge in [-0.1, -0.05) is 19.1 Å². The standard InChI is InChI=1S/C11H18O2/c1-4-5-6-7-8-10-9-12-11(2,3)13-10/h5-6,9H,4,7-8H2,1-3H3/b6-5-. The molecule has 1 rings (SSSR count). The van der Waals surface area contributed by atoms with Gasteiger partial charge in [0.15, 0.2) is 0 Å². The van der Waals surface area contributed by atoms with E-state index in [9.17, 15) is 0 Å². The summed E-state index contributed by atoms with van der Waals surface area (Å²) in [5.74, 6) is 0.495. The molecule has 2 heteroatoms. The van der Waals surface area contributed by atoms with Crippen molar-refractivity contribution in [3.8, 4) is 0 Å². The summed E-state index contributed by atoms with van der Waals surface area (Å²) in [6.07, 6.45) is 9.12. The third kappa shape index (κ3) is 3.53. The molecule has 0 radical (unpaired) electrons. The maximum atomic E-state index is 5.53. The monoisotopic (exact) mass is 182 g/mol. The van der Waals surface area contributed by atoms with Gasteiger partial charge in [0.2, 0.25) is 5.79 Å². The second-order valence-corrected chi connectivity index (χ2v) is 3.62. The van der Waals surface area contributed by atoms with Crippen LogP contribution in [0.15, 0.2) is 24.2 Å². The molecule has 13 heavy (non-hydrogen) atoms. The third-order valence-electron chi connectivity index (χ3n) is 1.81. The Morgan fingerprint density at radius 2 is 2.15 bits per heavy atom. The van der Waals surface area contributed by atoms with Crippen molar-refractivity contribution in [1.82, 2.24) is 0 Å². The van der Waals surface area contributed by atoms with Crippen LogP contribution in [-0.2, 0) is 9.47 Å². The molecule has 0 aromatic carbocycles. The second-order valence-electron chi connectivity index (χ2n) is 3.62. The number of allylic oxidation sites excluding steroid dienone is 3. The van der Waals surface area contributed by atoms with Gasteiger partial charge in [0.25, 0.3) is 0 Å². The zero-order chi connectivity index (χ0) is 9.73. The minimum absolute atomic E-state index is 0.455. The molecule has 74 valence electrons. The fraction of sp³-hybridized carbons (Fsp3) is 0.636. The van der Waals surface area contributed by atoms with Gasteiger partial charge in [0, 0.05) is 20.3 Å². The Hall–Kier alpha value is -0.920. The molecule has 0 saturated heterocycles. The van der Waals surface area contributed by atoms with Crippen molar-refractivity contribution in [1.29, 1.82) is 0 Å². The predicted molar refractivity (Wildman–Crippen MR) is 53.0 cm³/mol. The van der Waals surface area contributed by atoms with Gasteiger partial charge in [-0.05, 0) is 12.8 Å². The second kappa shape index (κ2) is 4.35. The van der Waals surface area contributed by atoms with Crippen molar-refractivity contribution in [3.05, 3.63) is 24.2 Å². The minimum atomic E-state index is -0.455. The Kier molecular flexibility index (Phi) is 3.40. The average Bonchev–Trinajstić information content (AvgIpc) is 2.40. The van der Waals surface area contributed by atoms with Crippen LogP contribution >= 0.6 is 0 Å². The third-order valence-corrected chi connectivity index (χ3v) is 1.81. The highest BCUT2D eigenvalue weighted by Crippen LogP contribution is 2.26. The Morgan fingerprint density at radius 1 is 1.38 bits per heavy atom. The largest absolute Gasteiger partial charge is 0.457 e. The molecule has 0 aromatic rings. The van der Waals surface area contributed by atoms with Crippen molar-refractivity contribution in [2.45, 2.75) is 45.8 Å². The van der Waals surface area contributed by atoms with E-state index in [-0.39, 0.29) is 0 Å². The van der Waals surface area contributed by atoms with E-state index in [0.29, 0.717) is 0 Å². The molecule has 0 saturated carbocycles. The van der Waals surface area contributed by atoms with Gasteiger partial charge < -0.3 is 9.47 Å². The summed E-state index contributed by atoms with van der Waals surface area (Å²) in [5, 5.41) is 0. The molecule has 0 fully saturated rings. The highest BCUT2D eigenvalue weighted by atomic mass is 16.7. The molecule has 0 unspecified atom stereocenters. The normalized spacial score (nSPS) is 19.8. The van der Waals surface area contributed by atoms with Gasteiger partial charge in [-0.25, -0.2) is 0 Å². The average molecular weight is 182 g/mol. The van der Waals surface area contributed by atoms with Crippen LogP contribution in [0.25, 0.3) is 0 Å². The van der Waals surface area contributed by atoms with Crippen molar-refractivity contribution in [3.63, 3.8) is 0 Å². The Labute approximate surface area is 80.2 Å². The SMILES string of the molecule is CC/C=C\CCC1=COC(C)(C)O1. The highest BCUT2D eigenvalue weighted by Gasteiger charge is 2.26. The summed E-state index contributed by atoms with van der Waals surface area (Å²) in [7, 11) is 0. The van der Waals surface area contributed by atoms with E-state index in [2.05, 4.69) is 19.1 Å². The molecular weight excluding hydrogens is 164 g/mol. The van der Waals surface area contributed by atoms with Gasteiger partial charge in [-0.15, -0.1) is 0 Å². The lowest BCUT2D eigenvalue weighted by Crippen LogP contribution is -2.20. The molecular formula is C11H18O2. The predicted octanol–water partition coefficient (Wildman–Crippen LogP) is 3.36. The lowest BCUT2D eigenvalue weighted by atomic mass is 10.2. The molecule has 0 amide bonds. The molecule has 1 heterocycles. The van der Waals surface area contributed by atoms with E-state index in [1.54, 1.807) is 6.26 Å². The zero-order valence-corrected chi connectivity index (χ0v) is 8.67. The van der Waals surface area contributed by atoms with Gasteiger partial charge in [0.1, 0.15) is 12.0 Å². The maximum Gasteiger partial charge on any atom is 0.244 e. The maximum absolute atomic E-state index is 5.53. The summed E-state index contributed by atoms with van der Waals surface area (Å²) in [4.78, 5) is 0. The van der Waals surface area contributed by atoms with Crippen molar-refractivity contribution in [2.75, 3.05) is 0 Å². The van der Waals surface area contributed by atoms with Gasteiger partial charge in [-0.2, -0.15) is 0 Å². The van der Waals surface area contributed by atoms with Crippen LogP contribution in [0.5, 0.6) is 0 Å². The fourth-order valence-electron chi connectivity index (χ4n) is 1.19. The van der Waals surface area contributed by atoms with Crippen LogP contribution in [-0.4, -0.2) is 5.79 Å². The topological polar surface area (TPSA) is 18.5 Å². The van der Waals surface area contributed by atoms with Gasteiger partial charge in [0.05, 0.1) is 0 Å². The molecule has 0 N–H and O–H groups in total. The first kappa shape index (κ1) is 10.2. The van der Waals surface area contributed by atoms with Crippen molar-refractivity contribution in [2.24, 2.45) is 0 Å². The first-order valence-electron chi connectivity index (χ1n) is 4.85. The van der Waals surface area contributed by atoms with E-state index in [1.807, 2.05) is 13.8 Å². The van der Waals surface area contributed by atoms with Gasteiger partial charge in [-0.3, -0.25) is 0 Å². The summed E-state index contributed by atoms with van der Waals surface area (Å²) in [5.41, 5.74) is 0. The lowest BCUT2D eigenvalue weighted by molar-refractivity contribution is -0.117. The fourth-order valence-corrected chi connectivity index (χ4v) is 1.19. The van der Waals surface area contributed by atoms with Gasteiger partial charge >= 0.3 is 0 Å². The number of hydrogen-bond acceptors (Lipinski definition) is 2. The van der Waals surface area contributed by atoms with E-state index < -0.39 is 5.79 Å². The highest BCUT2D eigenvalue weighted by molar-refractivity contribution is 4.97. The van der Waals surface area contributed by atoms with E-state index >= 15 is 0 Å². The molecule has 1 aliphatic heterocycles. The van der Waals surface area contributed by atoms with Crippen molar-refractivity contribution >= 4 is 0 Å². The molecule has 0 aromatic heterocycles. The quantitative estimate of drug-likeness (QED) is 0.621. The van der Waals surface area contributed by atoms with E-state index in [1.165, 1.54) is 0 Å². The number of hydrogen-bond donors (Lipinski definition) is 0. The number of rotatable bonds is 4. The summed E-state index contributed by atoms with van der Waals surface area (Å²) in [6.45, 7) is 5.96. The van der Waals surface area contributed by atoms with E-state index in [0.717, 1.165) is 25.0 Å². The molecule has 0 bridgehead atoms. The molecule has 2 nitrogen and oxygen atoms in total. The molecule has 1 aliphatic rings. The summed E-state index contributed by atoms with van der Waals surface area (Å²) < 4.78 is 10.8. The first-order valence-corrected chi connectivity index (χ1v) is 4.85. The smallest absolute Gasteiger partial charge is 0.244 e.